The predicted molar refractivity (Wildman–Crippen MR) is 106 cm³/mol. The van der Waals surface area contributed by atoms with Crippen molar-refractivity contribution >= 4 is 35.6 Å². The summed E-state index contributed by atoms with van der Waals surface area (Å²) in [5.74, 6) is 0.799. The second-order valence-electron chi connectivity index (χ2n) is 6.10. The van der Waals surface area contributed by atoms with Crippen LogP contribution in [0.3, 0.4) is 0 Å². The van der Waals surface area contributed by atoms with Gasteiger partial charge in [-0.3, -0.25) is 19.8 Å². The second-order valence-corrected chi connectivity index (χ2v) is 6.10. The highest BCUT2D eigenvalue weighted by Gasteiger charge is 2.32. The molecular weight excluding hydrogens is 455 g/mol. The number of morpholine rings is 1. The molecule has 2 fully saturated rings. The molecule has 2 unspecified atom stereocenters. The van der Waals surface area contributed by atoms with E-state index in [9.17, 15) is 10.1 Å². The van der Waals surface area contributed by atoms with Gasteiger partial charge in [-0.25, -0.2) is 0 Å². The quantitative estimate of drug-likeness (QED) is 0.219. The van der Waals surface area contributed by atoms with E-state index in [2.05, 4.69) is 20.3 Å². The van der Waals surface area contributed by atoms with Crippen molar-refractivity contribution in [3.05, 3.63) is 22.5 Å². The molecule has 10 nitrogen and oxygen atoms in total. The van der Waals surface area contributed by atoms with E-state index in [1.54, 1.807) is 11.7 Å². The highest BCUT2D eigenvalue weighted by atomic mass is 127. The minimum atomic E-state index is -0.450. The number of aliphatic imine (C=N–C) groups is 1. The smallest absolute Gasteiger partial charge is 0.306 e. The highest BCUT2D eigenvalue weighted by Crippen LogP contribution is 2.21. The van der Waals surface area contributed by atoms with Crippen LogP contribution in [0.1, 0.15) is 12.8 Å². The third kappa shape index (κ3) is 5.27. The van der Waals surface area contributed by atoms with Crippen LogP contribution in [0.5, 0.6) is 0 Å². The molecule has 0 amide bonds. The van der Waals surface area contributed by atoms with E-state index in [1.165, 1.54) is 12.4 Å². The van der Waals surface area contributed by atoms with Crippen LogP contribution in [0.25, 0.3) is 0 Å². The fourth-order valence-corrected chi connectivity index (χ4v) is 3.17. The van der Waals surface area contributed by atoms with Gasteiger partial charge in [0.2, 0.25) is 0 Å². The van der Waals surface area contributed by atoms with Gasteiger partial charge in [-0.15, -0.1) is 24.0 Å². The van der Waals surface area contributed by atoms with E-state index in [-0.39, 0.29) is 41.9 Å². The Kier molecular flexibility index (Phi) is 8.03. The molecule has 1 N–H and O–H groups in total. The lowest BCUT2D eigenvalue weighted by Gasteiger charge is -2.37. The zero-order chi connectivity index (χ0) is 17.6. The minimum absolute atomic E-state index is 0. The summed E-state index contributed by atoms with van der Waals surface area (Å²) in [6.45, 7) is 4.08. The summed E-state index contributed by atoms with van der Waals surface area (Å²) in [7, 11) is 1.75. The van der Waals surface area contributed by atoms with Gasteiger partial charge in [0.25, 0.3) is 0 Å². The van der Waals surface area contributed by atoms with E-state index >= 15 is 0 Å². The molecule has 2 atom stereocenters. The maximum absolute atomic E-state index is 10.7. The largest absolute Gasteiger partial charge is 0.375 e. The number of hydrogen-bond donors (Lipinski definition) is 1. The Morgan fingerprint density at radius 2 is 2.27 bits per heavy atom. The van der Waals surface area contributed by atoms with Crippen molar-refractivity contribution in [2.75, 3.05) is 39.9 Å². The monoisotopic (exact) mass is 480 g/mol. The number of guanidine groups is 1. The molecule has 0 aliphatic carbocycles. The summed E-state index contributed by atoms with van der Waals surface area (Å²) < 4.78 is 13.1. The van der Waals surface area contributed by atoms with E-state index in [0.29, 0.717) is 19.7 Å². The van der Waals surface area contributed by atoms with Gasteiger partial charge < -0.3 is 19.7 Å². The summed E-state index contributed by atoms with van der Waals surface area (Å²) in [5.41, 5.74) is -0.00281. The van der Waals surface area contributed by atoms with Crippen LogP contribution < -0.4 is 5.32 Å². The van der Waals surface area contributed by atoms with Crippen LogP contribution in [0.4, 0.5) is 5.69 Å². The van der Waals surface area contributed by atoms with E-state index in [0.717, 1.165) is 38.5 Å². The number of aromatic nitrogens is 2. The van der Waals surface area contributed by atoms with Crippen molar-refractivity contribution in [2.45, 2.75) is 31.6 Å². The van der Waals surface area contributed by atoms with Gasteiger partial charge >= 0.3 is 5.69 Å². The average molecular weight is 480 g/mol. The van der Waals surface area contributed by atoms with Crippen LogP contribution in [0.2, 0.25) is 0 Å². The summed E-state index contributed by atoms with van der Waals surface area (Å²) in [5, 5.41) is 17.9. The number of rotatable bonds is 5. The van der Waals surface area contributed by atoms with E-state index in [1.807, 2.05) is 0 Å². The lowest BCUT2D eigenvalue weighted by atomic mass is 10.1. The maximum atomic E-state index is 10.7. The van der Waals surface area contributed by atoms with E-state index < -0.39 is 4.92 Å². The van der Waals surface area contributed by atoms with Crippen LogP contribution in [-0.4, -0.2) is 77.7 Å². The molecule has 2 aliphatic rings. The number of ether oxygens (including phenoxy) is 2. The molecule has 1 aromatic heterocycles. The van der Waals surface area contributed by atoms with Gasteiger partial charge in [0, 0.05) is 33.3 Å². The molecular formula is C15H25IN6O4. The molecule has 0 spiro atoms. The highest BCUT2D eigenvalue weighted by molar-refractivity contribution is 14.0. The average Bonchev–Trinajstić information content (AvgIpc) is 3.30. The molecule has 11 heteroatoms. The minimum Gasteiger partial charge on any atom is -0.375 e. The Labute approximate surface area is 169 Å². The molecule has 2 saturated heterocycles. The number of halogens is 1. The zero-order valence-corrected chi connectivity index (χ0v) is 17.1. The third-order valence-electron chi connectivity index (χ3n) is 4.44. The van der Waals surface area contributed by atoms with Gasteiger partial charge in [0.05, 0.1) is 24.2 Å². The van der Waals surface area contributed by atoms with Crippen molar-refractivity contribution in [3.8, 4) is 0 Å². The SMILES string of the molecule is CN=C(NCCn1cc([N+](=O)[O-])cn1)N1CCOC(C2CCCO2)C1.I. The van der Waals surface area contributed by atoms with Crippen molar-refractivity contribution in [2.24, 2.45) is 4.99 Å². The Hall–Kier alpha value is -1.47. The summed E-state index contributed by atoms with van der Waals surface area (Å²) in [6, 6.07) is 0. The first-order valence-corrected chi connectivity index (χ1v) is 8.53. The Morgan fingerprint density at radius 1 is 1.46 bits per heavy atom. The molecule has 146 valence electrons. The van der Waals surface area contributed by atoms with Crippen molar-refractivity contribution in [3.63, 3.8) is 0 Å². The molecule has 0 radical (unpaired) electrons. The standard InChI is InChI=1S/C15H24N6O4.HI/c1-16-15(17-4-5-20-10-12(9-18-20)21(22)23)19-6-8-25-14(11-19)13-3-2-7-24-13;/h9-10,13-14H,2-8,11H2,1H3,(H,16,17);1H. The lowest BCUT2D eigenvalue weighted by Crippen LogP contribution is -2.53. The topological polar surface area (TPSA) is 107 Å². The predicted octanol–water partition coefficient (Wildman–Crippen LogP) is 0.864. The molecule has 1 aromatic rings. The molecule has 0 saturated carbocycles. The number of hydrogen-bond acceptors (Lipinski definition) is 6. The second kappa shape index (κ2) is 10.0. The Balaban J connectivity index is 0.00000243. The van der Waals surface area contributed by atoms with Crippen molar-refractivity contribution < 1.29 is 14.4 Å². The first-order valence-electron chi connectivity index (χ1n) is 8.53. The van der Waals surface area contributed by atoms with Crippen LogP contribution in [0, 0.1) is 10.1 Å². The van der Waals surface area contributed by atoms with E-state index in [4.69, 9.17) is 9.47 Å². The van der Waals surface area contributed by atoms with Crippen LogP contribution >= 0.6 is 24.0 Å². The van der Waals surface area contributed by atoms with Crippen molar-refractivity contribution in [1.82, 2.24) is 20.0 Å². The lowest BCUT2D eigenvalue weighted by molar-refractivity contribution is -0.385. The van der Waals surface area contributed by atoms with Gasteiger partial charge in [0.15, 0.2) is 5.96 Å². The summed E-state index contributed by atoms with van der Waals surface area (Å²) >= 11 is 0. The first-order chi connectivity index (χ1) is 12.2. The molecule has 2 aliphatic heterocycles. The van der Waals surface area contributed by atoms with Crippen LogP contribution in [0.15, 0.2) is 17.4 Å². The Bertz CT molecular complexity index is 619. The molecule has 0 aromatic carbocycles. The fraction of sp³-hybridized carbons (Fsp3) is 0.733. The number of nitrogens with one attached hydrogen (secondary N) is 1. The van der Waals surface area contributed by atoms with Gasteiger partial charge in [-0.1, -0.05) is 0 Å². The van der Waals surface area contributed by atoms with Gasteiger partial charge in [-0.2, -0.15) is 5.10 Å². The molecule has 0 bridgehead atoms. The van der Waals surface area contributed by atoms with Crippen LogP contribution in [-0.2, 0) is 16.0 Å². The molecule has 3 heterocycles. The third-order valence-corrected chi connectivity index (χ3v) is 4.44. The fourth-order valence-electron chi connectivity index (χ4n) is 3.17. The first kappa shape index (κ1) is 20.8. The number of nitrogens with zero attached hydrogens (tertiary/aromatic N) is 5. The molecule has 26 heavy (non-hydrogen) atoms. The Morgan fingerprint density at radius 3 is 2.92 bits per heavy atom. The van der Waals surface area contributed by atoms with Crippen molar-refractivity contribution in [1.29, 1.82) is 0 Å². The summed E-state index contributed by atoms with van der Waals surface area (Å²) in [4.78, 5) is 16.7. The van der Waals surface area contributed by atoms with Gasteiger partial charge in [0.1, 0.15) is 18.5 Å². The van der Waals surface area contributed by atoms with Gasteiger partial charge in [-0.05, 0) is 12.8 Å². The molecule has 3 rings (SSSR count). The summed E-state index contributed by atoms with van der Waals surface area (Å²) in [6.07, 6.45) is 5.06. The zero-order valence-electron chi connectivity index (χ0n) is 14.7. The number of nitro groups is 1. The maximum Gasteiger partial charge on any atom is 0.306 e. The normalized spacial score (nSPS) is 23.6.